The SMILES string of the molecule is CCOc1ccc(Br)cc1/C=C1\SC(=S)N(CCc2ccc(OC)c(OC)c2)C1=O. The van der Waals surface area contributed by atoms with E-state index in [0.29, 0.717) is 40.3 Å². The van der Waals surface area contributed by atoms with Gasteiger partial charge in [-0.2, -0.15) is 0 Å². The van der Waals surface area contributed by atoms with Crippen LogP contribution in [0.4, 0.5) is 0 Å². The Balaban J connectivity index is 1.76. The fourth-order valence-electron chi connectivity index (χ4n) is 3.03. The fraction of sp³-hybridized carbons (Fsp3) is 0.273. The lowest BCUT2D eigenvalue weighted by Gasteiger charge is -2.15. The summed E-state index contributed by atoms with van der Waals surface area (Å²) in [6.07, 6.45) is 2.49. The van der Waals surface area contributed by atoms with Crippen LogP contribution in [0.5, 0.6) is 17.2 Å². The van der Waals surface area contributed by atoms with E-state index in [-0.39, 0.29) is 5.91 Å². The van der Waals surface area contributed by atoms with Crippen molar-refractivity contribution in [3.63, 3.8) is 0 Å². The second-order valence-corrected chi connectivity index (χ2v) is 8.98. The third-order valence-electron chi connectivity index (χ3n) is 4.50. The molecule has 0 unspecified atom stereocenters. The Labute approximate surface area is 194 Å². The Hall–Kier alpha value is -2.03. The molecule has 0 saturated carbocycles. The number of halogens is 1. The van der Waals surface area contributed by atoms with Gasteiger partial charge in [0.05, 0.1) is 25.7 Å². The first-order chi connectivity index (χ1) is 14.5. The maximum absolute atomic E-state index is 13.0. The van der Waals surface area contributed by atoms with Crippen LogP contribution in [0.25, 0.3) is 6.08 Å². The molecular formula is C22H22BrNO4S2. The zero-order valence-corrected chi connectivity index (χ0v) is 20.2. The Kier molecular flexibility index (Phi) is 7.80. The molecule has 1 heterocycles. The maximum Gasteiger partial charge on any atom is 0.266 e. The fourth-order valence-corrected chi connectivity index (χ4v) is 4.71. The van der Waals surface area contributed by atoms with Crippen molar-refractivity contribution in [1.29, 1.82) is 0 Å². The first-order valence-corrected chi connectivity index (χ1v) is 11.4. The Morgan fingerprint density at radius 1 is 1.10 bits per heavy atom. The van der Waals surface area contributed by atoms with Crippen LogP contribution < -0.4 is 14.2 Å². The zero-order valence-electron chi connectivity index (χ0n) is 16.9. The number of thiocarbonyl (C=S) groups is 1. The van der Waals surface area contributed by atoms with Crippen molar-refractivity contribution in [3.05, 3.63) is 56.9 Å². The van der Waals surface area contributed by atoms with Gasteiger partial charge in [-0.05, 0) is 55.3 Å². The molecule has 0 bridgehead atoms. The number of amides is 1. The molecule has 5 nitrogen and oxygen atoms in total. The van der Waals surface area contributed by atoms with E-state index in [1.165, 1.54) is 11.8 Å². The van der Waals surface area contributed by atoms with E-state index < -0.39 is 0 Å². The van der Waals surface area contributed by atoms with E-state index in [2.05, 4.69) is 15.9 Å². The van der Waals surface area contributed by atoms with Gasteiger partial charge in [0.25, 0.3) is 5.91 Å². The van der Waals surface area contributed by atoms with Crippen molar-refractivity contribution in [3.8, 4) is 17.2 Å². The van der Waals surface area contributed by atoms with Gasteiger partial charge in [0.1, 0.15) is 10.1 Å². The molecule has 0 spiro atoms. The van der Waals surface area contributed by atoms with Crippen molar-refractivity contribution < 1.29 is 19.0 Å². The largest absolute Gasteiger partial charge is 0.493 e. The summed E-state index contributed by atoms with van der Waals surface area (Å²) in [5, 5.41) is 0. The van der Waals surface area contributed by atoms with Crippen LogP contribution in [0.1, 0.15) is 18.1 Å². The van der Waals surface area contributed by atoms with Crippen LogP contribution in [0, 0.1) is 0 Å². The number of methoxy groups -OCH3 is 2. The molecule has 158 valence electrons. The number of nitrogens with zero attached hydrogens (tertiary/aromatic N) is 1. The maximum atomic E-state index is 13.0. The summed E-state index contributed by atoms with van der Waals surface area (Å²) in [7, 11) is 3.21. The smallest absolute Gasteiger partial charge is 0.266 e. The zero-order chi connectivity index (χ0) is 21.7. The molecule has 1 aliphatic heterocycles. The van der Waals surface area contributed by atoms with E-state index in [1.54, 1.807) is 19.1 Å². The summed E-state index contributed by atoms with van der Waals surface area (Å²) in [6.45, 7) is 2.97. The Morgan fingerprint density at radius 2 is 1.83 bits per heavy atom. The van der Waals surface area contributed by atoms with Gasteiger partial charge in [-0.15, -0.1) is 0 Å². The minimum Gasteiger partial charge on any atom is -0.493 e. The molecule has 2 aromatic carbocycles. The van der Waals surface area contributed by atoms with E-state index in [4.69, 9.17) is 26.4 Å². The van der Waals surface area contributed by atoms with E-state index >= 15 is 0 Å². The van der Waals surface area contributed by atoms with Gasteiger partial charge in [0.2, 0.25) is 0 Å². The molecule has 30 heavy (non-hydrogen) atoms. The van der Waals surface area contributed by atoms with Gasteiger partial charge >= 0.3 is 0 Å². The Morgan fingerprint density at radius 3 is 2.53 bits per heavy atom. The molecule has 0 aromatic heterocycles. The van der Waals surface area contributed by atoms with Crippen molar-refractivity contribution in [2.75, 3.05) is 27.4 Å². The minimum absolute atomic E-state index is 0.0899. The number of thioether (sulfide) groups is 1. The molecule has 1 saturated heterocycles. The van der Waals surface area contributed by atoms with Crippen molar-refractivity contribution in [2.24, 2.45) is 0 Å². The van der Waals surface area contributed by atoms with Crippen LogP contribution >= 0.6 is 39.9 Å². The van der Waals surface area contributed by atoms with Crippen LogP contribution in [-0.4, -0.2) is 42.5 Å². The topological polar surface area (TPSA) is 48.0 Å². The van der Waals surface area contributed by atoms with E-state index in [1.807, 2.05) is 49.4 Å². The summed E-state index contributed by atoms with van der Waals surface area (Å²) in [6, 6.07) is 11.5. The third kappa shape index (κ3) is 5.17. The van der Waals surface area contributed by atoms with Crippen LogP contribution in [0.15, 0.2) is 45.8 Å². The van der Waals surface area contributed by atoms with Gasteiger partial charge in [0, 0.05) is 16.6 Å². The van der Waals surface area contributed by atoms with E-state index in [9.17, 15) is 4.79 Å². The monoisotopic (exact) mass is 507 g/mol. The van der Waals surface area contributed by atoms with Gasteiger partial charge < -0.3 is 14.2 Å². The lowest BCUT2D eigenvalue weighted by molar-refractivity contribution is -0.122. The molecule has 8 heteroatoms. The van der Waals surface area contributed by atoms with Crippen LogP contribution in [-0.2, 0) is 11.2 Å². The lowest BCUT2D eigenvalue weighted by atomic mass is 10.1. The molecule has 1 fully saturated rings. The van der Waals surface area contributed by atoms with Crippen LogP contribution in [0.2, 0.25) is 0 Å². The minimum atomic E-state index is -0.0899. The third-order valence-corrected chi connectivity index (χ3v) is 6.37. The first-order valence-electron chi connectivity index (χ1n) is 9.35. The number of carbonyl (C=O) groups excluding carboxylic acids is 1. The van der Waals surface area contributed by atoms with Crippen molar-refractivity contribution in [1.82, 2.24) is 4.90 Å². The highest BCUT2D eigenvalue weighted by Crippen LogP contribution is 2.35. The summed E-state index contributed by atoms with van der Waals surface area (Å²) in [4.78, 5) is 15.2. The average Bonchev–Trinajstić information content (AvgIpc) is 3.00. The second-order valence-electron chi connectivity index (χ2n) is 6.39. The number of hydrogen-bond acceptors (Lipinski definition) is 6. The van der Waals surface area contributed by atoms with Gasteiger partial charge in [-0.1, -0.05) is 46.0 Å². The number of carbonyl (C=O) groups is 1. The summed E-state index contributed by atoms with van der Waals surface area (Å²) < 4.78 is 17.8. The van der Waals surface area contributed by atoms with Gasteiger partial charge in [-0.3, -0.25) is 9.69 Å². The summed E-state index contributed by atoms with van der Waals surface area (Å²) >= 11 is 10.3. The molecule has 1 amide bonds. The molecule has 1 aliphatic rings. The van der Waals surface area contributed by atoms with E-state index in [0.717, 1.165) is 21.3 Å². The highest BCUT2D eigenvalue weighted by molar-refractivity contribution is 9.10. The number of hydrogen-bond donors (Lipinski definition) is 0. The molecule has 3 rings (SSSR count). The number of rotatable bonds is 8. The predicted octanol–water partition coefficient (Wildman–Crippen LogP) is 5.31. The highest BCUT2D eigenvalue weighted by Gasteiger charge is 2.32. The Bertz CT molecular complexity index is 993. The summed E-state index contributed by atoms with van der Waals surface area (Å²) in [5.74, 6) is 1.98. The van der Waals surface area contributed by atoms with Crippen molar-refractivity contribution >= 4 is 56.2 Å². The molecule has 0 aliphatic carbocycles. The lowest BCUT2D eigenvalue weighted by Crippen LogP contribution is -2.30. The van der Waals surface area contributed by atoms with Crippen molar-refractivity contribution in [2.45, 2.75) is 13.3 Å². The second kappa shape index (κ2) is 10.3. The molecule has 2 aromatic rings. The standard InChI is InChI=1S/C22H22BrNO4S2/c1-4-28-17-8-6-16(23)12-15(17)13-20-21(25)24(22(29)30-20)10-9-14-5-7-18(26-2)19(11-14)27-3/h5-8,11-13H,4,9-10H2,1-3H3/b20-13-. The van der Waals surface area contributed by atoms with Gasteiger partial charge in [-0.25, -0.2) is 0 Å². The molecular weight excluding hydrogens is 486 g/mol. The number of ether oxygens (including phenoxy) is 3. The molecule has 0 atom stereocenters. The quantitative estimate of drug-likeness (QED) is 0.356. The normalized spacial score (nSPS) is 15.1. The predicted molar refractivity (Wildman–Crippen MR) is 128 cm³/mol. The van der Waals surface area contributed by atoms with Gasteiger partial charge in [0.15, 0.2) is 11.5 Å². The molecule has 0 N–H and O–H groups in total. The average molecular weight is 508 g/mol. The highest BCUT2D eigenvalue weighted by atomic mass is 79.9. The summed E-state index contributed by atoms with van der Waals surface area (Å²) in [5.41, 5.74) is 1.88. The molecule has 0 radical (unpaired) electrons. The number of benzene rings is 2. The first kappa shape index (κ1) is 22.7. The van der Waals surface area contributed by atoms with Crippen LogP contribution in [0.3, 0.4) is 0 Å².